The fourth-order valence-corrected chi connectivity index (χ4v) is 4.20. The van der Waals surface area contributed by atoms with Gasteiger partial charge in [-0.1, -0.05) is 13.8 Å². The number of aliphatic hydroxyl groups excluding tert-OH is 1. The van der Waals surface area contributed by atoms with Crippen LogP contribution in [-0.2, 0) is 10.0 Å². The highest BCUT2D eigenvalue weighted by Crippen LogP contribution is 2.26. The molecule has 0 saturated heterocycles. The fraction of sp³-hybridized carbons (Fsp3) is 0.500. The van der Waals surface area contributed by atoms with Crippen molar-refractivity contribution in [2.45, 2.75) is 31.2 Å². The average Bonchev–Trinajstić information content (AvgIpc) is 2.24. The van der Waals surface area contributed by atoms with Gasteiger partial charge in [-0.05, 0) is 34.3 Å². The van der Waals surface area contributed by atoms with Crippen molar-refractivity contribution < 1.29 is 22.3 Å². The summed E-state index contributed by atoms with van der Waals surface area (Å²) in [4.78, 5) is -0.666. The van der Waals surface area contributed by atoms with Gasteiger partial charge in [-0.15, -0.1) is 0 Å². The molecular weight excluding hydrogens is 356 g/mol. The number of nitrogens with one attached hydrogen (secondary N) is 1. The molecule has 2 N–H and O–H groups in total. The van der Waals surface area contributed by atoms with Crippen LogP contribution in [0, 0.1) is 17.6 Å². The van der Waals surface area contributed by atoms with Crippen LogP contribution in [-0.4, -0.2) is 26.2 Å². The molecule has 0 saturated carbocycles. The van der Waals surface area contributed by atoms with Crippen LogP contribution in [0.25, 0.3) is 0 Å². The van der Waals surface area contributed by atoms with Crippen molar-refractivity contribution in [3.63, 3.8) is 0 Å². The lowest BCUT2D eigenvalue weighted by Gasteiger charge is -2.19. The van der Waals surface area contributed by atoms with Crippen molar-refractivity contribution >= 4 is 26.0 Å². The first-order chi connectivity index (χ1) is 9.17. The fourth-order valence-electron chi connectivity index (χ4n) is 1.79. The average molecular weight is 372 g/mol. The Hall–Kier alpha value is -0.570. The third-order valence-corrected chi connectivity index (χ3v) is 5.01. The van der Waals surface area contributed by atoms with Gasteiger partial charge in [0, 0.05) is 16.6 Å². The molecule has 4 nitrogen and oxygen atoms in total. The minimum atomic E-state index is -4.19. The second kappa shape index (κ2) is 6.93. The Morgan fingerprint density at radius 1 is 1.35 bits per heavy atom. The van der Waals surface area contributed by atoms with E-state index in [1.54, 1.807) is 0 Å². The van der Waals surface area contributed by atoms with Crippen molar-refractivity contribution in [2.75, 3.05) is 6.61 Å². The molecule has 1 aromatic rings. The predicted octanol–water partition coefficient (Wildman–Crippen LogP) is 2.41. The zero-order chi connectivity index (χ0) is 15.5. The lowest BCUT2D eigenvalue weighted by atomic mass is 10.1. The molecule has 0 heterocycles. The Labute approximate surface area is 125 Å². The molecule has 1 unspecified atom stereocenters. The highest BCUT2D eigenvalue weighted by Gasteiger charge is 2.26. The molecule has 0 bridgehead atoms. The SMILES string of the molecule is CC(C)CC(CO)NS(=O)(=O)c1c(F)cc(F)cc1Br. The summed E-state index contributed by atoms with van der Waals surface area (Å²) in [6, 6.07) is 0.639. The molecule has 0 spiro atoms. The first-order valence-corrected chi connectivity index (χ1v) is 8.22. The van der Waals surface area contributed by atoms with Crippen LogP contribution in [0.15, 0.2) is 21.5 Å². The highest BCUT2D eigenvalue weighted by molar-refractivity contribution is 9.10. The van der Waals surface area contributed by atoms with Crippen LogP contribution in [0.4, 0.5) is 8.78 Å². The minimum absolute atomic E-state index is 0.149. The molecule has 1 atom stereocenters. The topological polar surface area (TPSA) is 66.4 Å². The minimum Gasteiger partial charge on any atom is -0.395 e. The van der Waals surface area contributed by atoms with Gasteiger partial charge in [-0.25, -0.2) is 21.9 Å². The van der Waals surface area contributed by atoms with Gasteiger partial charge in [0.15, 0.2) is 0 Å². The van der Waals surface area contributed by atoms with Crippen molar-refractivity contribution in [2.24, 2.45) is 5.92 Å². The van der Waals surface area contributed by atoms with Crippen molar-refractivity contribution in [3.05, 3.63) is 28.2 Å². The number of halogens is 3. The van der Waals surface area contributed by atoms with Crippen LogP contribution in [0.3, 0.4) is 0 Å². The first-order valence-electron chi connectivity index (χ1n) is 5.95. The maximum atomic E-state index is 13.7. The van der Waals surface area contributed by atoms with Crippen LogP contribution in [0.1, 0.15) is 20.3 Å². The van der Waals surface area contributed by atoms with E-state index in [-0.39, 0.29) is 10.4 Å². The summed E-state index contributed by atoms with van der Waals surface area (Å²) in [6.07, 6.45) is 0.399. The Morgan fingerprint density at radius 3 is 2.40 bits per heavy atom. The van der Waals surface area contributed by atoms with Gasteiger partial charge < -0.3 is 5.11 Å². The van der Waals surface area contributed by atoms with Crippen LogP contribution in [0.2, 0.25) is 0 Å². The smallest absolute Gasteiger partial charge is 0.244 e. The van der Waals surface area contributed by atoms with Gasteiger partial charge in [-0.2, -0.15) is 0 Å². The molecule has 8 heteroatoms. The van der Waals surface area contributed by atoms with E-state index in [1.165, 1.54) is 0 Å². The summed E-state index contributed by atoms with van der Waals surface area (Å²) in [5, 5.41) is 9.18. The molecule has 1 aromatic carbocycles. The van der Waals surface area contributed by atoms with Gasteiger partial charge in [0.2, 0.25) is 10.0 Å². The summed E-state index contributed by atoms with van der Waals surface area (Å²) >= 11 is 2.83. The van der Waals surface area contributed by atoms with Crippen LogP contribution in [0.5, 0.6) is 0 Å². The van der Waals surface area contributed by atoms with Crippen LogP contribution < -0.4 is 4.72 Å². The third kappa shape index (κ3) is 4.47. The lowest BCUT2D eigenvalue weighted by molar-refractivity contribution is 0.240. The first kappa shape index (κ1) is 17.5. The Morgan fingerprint density at radius 2 is 1.95 bits per heavy atom. The normalized spacial score (nSPS) is 13.8. The largest absolute Gasteiger partial charge is 0.395 e. The summed E-state index contributed by atoms with van der Waals surface area (Å²) in [5.41, 5.74) is 0. The Balaban J connectivity index is 3.11. The number of benzene rings is 1. The molecule has 0 aliphatic carbocycles. The number of rotatable bonds is 6. The zero-order valence-electron chi connectivity index (χ0n) is 11.0. The van der Waals surface area contributed by atoms with E-state index in [0.29, 0.717) is 12.5 Å². The van der Waals surface area contributed by atoms with Gasteiger partial charge in [0.1, 0.15) is 16.5 Å². The predicted molar refractivity (Wildman–Crippen MR) is 74.7 cm³/mol. The molecule has 114 valence electrons. The standard InChI is InChI=1S/C12H16BrF2NO3S/c1-7(2)3-9(6-17)16-20(18,19)12-10(13)4-8(14)5-11(12)15/h4-5,7,9,16-17H,3,6H2,1-2H3. The zero-order valence-corrected chi connectivity index (χ0v) is 13.4. The van der Waals surface area contributed by atoms with Crippen molar-refractivity contribution in [3.8, 4) is 0 Å². The van der Waals surface area contributed by atoms with Gasteiger partial charge in [0.05, 0.1) is 6.61 Å². The molecule has 0 amide bonds. The number of aliphatic hydroxyl groups is 1. The van der Waals surface area contributed by atoms with Gasteiger partial charge >= 0.3 is 0 Å². The van der Waals surface area contributed by atoms with E-state index in [0.717, 1.165) is 6.07 Å². The maximum absolute atomic E-state index is 13.7. The van der Waals surface area contributed by atoms with E-state index < -0.39 is 39.2 Å². The Kier molecular flexibility index (Phi) is 6.06. The van der Waals surface area contributed by atoms with E-state index >= 15 is 0 Å². The van der Waals surface area contributed by atoms with E-state index in [4.69, 9.17) is 0 Å². The quantitative estimate of drug-likeness (QED) is 0.806. The van der Waals surface area contributed by atoms with Gasteiger partial charge in [-0.3, -0.25) is 0 Å². The van der Waals surface area contributed by atoms with Gasteiger partial charge in [0.25, 0.3) is 0 Å². The summed E-state index contributed by atoms with van der Waals surface area (Å²) < 4.78 is 52.9. The summed E-state index contributed by atoms with van der Waals surface area (Å²) in [6.45, 7) is 3.33. The molecule has 0 radical (unpaired) electrons. The van der Waals surface area contributed by atoms with E-state index in [2.05, 4.69) is 20.7 Å². The summed E-state index contributed by atoms with van der Waals surface area (Å²) in [7, 11) is -4.19. The Bertz CT molecular complexity index is 555. The van der Waals surface area contributed by atoms with E-state index in [9.17, 15) is 22.3 Å². The molecule has 0 aromatic heterocycles. The highest BCUT2D eigenvalue weighted by atomic mass is 79.9. The maximum Gasteiger partial charge on any atom is 0.244 e. The monoisotopic (exact) mass is 371 g/mol. The summed E-state index contributed by atoms with van der Waals surface area (Å²) in [5.74, 6) is -1.92. The molecular formula is C12H16BrF2NO3S. The van der Waals surface area contributed by atoms with Crippen molar-refractivity contribution in [1.82, 2.24) is 4.72 Å². The van der Waals surface area contributed by atoms with Crippen LogP contribution >= 0.6 is 15.9 Å². The van der Waals surface area contributed by atoms with E-state index in [1.807, 2.05) is 13.8 Å². The second-order valence-corrected chi connectivity index (χ2v) is 7.33. The number of hydrogen-bond donors (Lipinski definition) is 2. The molecule has 0 aliphatic heterocycles. The molecule has 1 rings (SSSR count). The molecule has 0 fully saturated rings. The third-order valence-electron chi connectivity index (χ3n) is 2.53. The lowest BCUT2D eigenvalue weighted by Crippen LogP contribution is -2.38. The molecule has 0 aliphatic rings. The van der Waals surface area contributed by atoms with Crippen molar-refractivity contribution in [1.29, 1.82) is 0 Å². The number of hydrogen-bond acceptors (Lipinski definition) is 3. The molecule has 20 heavy (non-hydrogen) atoms. The number of sulfonamides is 1. The second-order valence-electron chi connectivity index (χ2n) is 4.83.